The van der Waals surface area contributed by atoms with Gasteiger partial charge in [0.1, 0.15) is 6.33 Å². The van der Waals surface area contributed by atoms with E-state index in [2.05, 4.69) is 15.2 Å². The van der Waals surface area contributed by atoms with Crippen molar-refractivity contribution < 1.29 is 4.79 Å². The smallest absolute Gasteiger partial charge is 0.291 e. The number of amides is 1. The van der Waals surface area contributed by atoms with Gasteiger partial charge in [-0.3, -0.25) is 9.89 Å². The van der Waals surface area contributed by atoms with Crippen molar-refractivity contribution in [2.24, 2.45) is 5.73 Å². The third-order valence-corrected chi connectivity index (χ3v) is 3.62. The molecule has 86 valence electrons. The minimum absolute atomic E-state index is 0.0306. The van der Waals surface area contributed by atoms with Gasteiger partial charge in [0.2, 0.25) is 5.82 Å². The Morgan fingerprint density at radius 3 is 2.69 bits per heavy atom. The molecule has 2 unspecified atom stereocenters. The molecule has 3 rings (SSSR count). The molecule has 2 fully saturated rings. The molecule has 2 aliphatic heterocycles. The lowest BCUT2D eigenvalue weighted by atomic mass is 9.98. The van der Waals surface area contributed by atoms with Gasteiger partial charge in [-0.25, -0.2) is 4.98 Å². The number of nitrogens with zero attached hydrogens (tertiary/aromatic N) is 3. The molecule has 1 amide bonds. The van der Waals surface area contributed by atoms with Crippen LogP contribution in [0.3, 0.4) is 0 Å². The summed E-state index contributed by atoms with van der Waals surface area (Å²) in [6.07, 6.45) is 5.33. The molecule has 6 nitrogen and oxygen atoms in total. The fourth-order valence-electron chi connectivity index (χ4n) is 2.98. The van der Waals surface area contributed by atoms with E-state index in [1.165, 1.54) is 6.33 Å². The molecule has 2 atom stereocenters. The molecule has 16 heavy (non-hydrogen) atoms. The van der Waals surface area contributed by atoms with Gasteiger partial charge in [0.15, 0.2) is 0 Å². The van der Waals surface area contributed by atoms with Crippen molar-refractivity contribution in [3.63, 3.8) is 0 Å². The van der Waals surface area contributed by atoms with Gasteiger partial charge in [0.25, 0.3) is 5.91 Å². The van der Waals surface area contributed by atoms with Crippen molar-refractivity contribution in [3.05, 3.63) is 12.2 Å². The zero-order valence-electron chi connectivity index (χ0n) is 8.97. The number of fused-ring (bicyclic) bond motifs is 2. The van der Waals surface area contributed by atoms with Crippen LogP contribution in [0.1, 0.15) is 36.3 Å². The van der Waals surface area contributed by atoms with Crippen molar-refractivity contribution in [2.75, 3.05) is 0 Å². The summed E-state index contributed by atoms with van der Waals surface area (Å²) in [5.41, 5.74) is 5.96. The molecule has 2 bridgehead atoms. The molecule has 1 aromatic heterocycles. The van der Waals surface area contributed by atoms with E-state index in [1.807, 2.05) is 4.90 Å². The lowest BCUT2D eigenvalue weighted by molar-refractivity contribution is 0.0563. The summed E-state index contributed by atoms with van der Waals surface area (Å²) >= 11 is 0. The maximum atomic E-state index is 12.2. The van der Waals surface area contributed by atoms with Crippen LogP contribution in [0.4, 0.5) is 0 Å². The van der Waals surface area contributed by atoms with Gasteiger partial charge >= 0.3 is 0 Å². The highest BCUT2D eigenvalue weighted by Crippen LogP contribution is 2.35. The highest BCUT2D eigenvalue weighted by Gasteiger charge is 2.43. The molecule has 0 radical (unpaired) electrons. The highest BCUT2D eigenvalue weighted by atomic mass is 16.2. The minimum atomic E-state index is -0.0306. The number of H-pyrrole nitrogens is 1. The maximum Gasteiger partial charge on any atom is 0.291 e. The number of hydrogen-bond donors (Lipinski definition) is 2. The van der Waals surface area contributed by atoms with Crippen molar-refractivity contribution >= 4 is 5.91 Å². The van der Waals surface area contributed by atoms with Crippen LogP contribution < -0.4 is 5.73 Å². The molecule has 1 aromatic rings. The standard InChI is InChI=1S/C10H15N5O/c11-6-3-7-1-2-8(4-6)15(7)10(16)9-12-5-13-14-9/h5-8H,1-4,11H2,(H,12,13,14). The summed E-state index contributed by atoms with van der Waals surface area (Å²) in [6, 6.07) is 0.842. The van der Waals surface area contributed by atoms with Crippen LogP contribution >= 0.6 is 0 Å². The predicted molar refractivity (Wildman–Crippen MR) is 56.6 cm³/mol. The Labute approximate surface area is 93.2 Å². The van der Waals surface area contributed by atoms with Crippen LogP contribution in [0, 0.1) is 0 Å². The van der Waals surface area contributed by atoms with Gasteiger partial charge < -0.3 is 10.6 Å². The quantitative estimate of drug-likeness (QED) is 0.693. The second kappa shape index (κ2) is 3.55. The number of nitrogens with two attached hydrogens (primary N) is 1. The number of aromatic amines is 1. The number of carbonyl (C=O) groups excluding carboxylic acids is 1. The summed E-state index contributed by atoms with van der Waals surface area (Å²) in [6.45, 7) is 0. The Morgan fingerprint density at radius 1 is 1.44 bits per heavy atom. The normalized spacial score (nSPS) is 33.1. The van der Waals surface area contributed by atoms with Gasteiger partial charge in [0.05, 0.1) is 0 Å². The van der Waals surface area contributed by atoms with Crippen LogP contribution in [0.5, 0.6) is 0 Å². The molecular weight excluding hydrogens is 206 g/mol. The summed E-state index contributed by atoms with van der Waals surface area (Å²) in [4.78, 5) is 18.0. The molecule has 2 aliphatic rings. The number of rotatable bonds is 1. The van der Waals surface area contributed by atoms with Gasteiger partial charge in [-0.2, -0.15) is 5.10 Å². The molecule has 0 spiro atoms. The molecule has 3 N–H and O–H groups in total. The highest BCUT2D eigenvalue weighted by molar-refractivity contribution is 5.91. The van der Waals surface area contributed by atoms with Gasteiger partial charge in [-0.1, -0.05) is 0 Å². The number of carbonyl (C=O) groups is 1. The second-order valence-electron chi connectivity index (χ2n) is 4.66. The van der Waals surface area contributed by atoms with Crippen LogP contribution in [-0.4, -0.2) is 44.1 Å². The van der Waals surface area contributed by atoms with E-state index in [0.29, 0.717) is 17.9 Å². The van der Waals surface area contributed by atoms with Gasteiger partial charge in [0, 0.05) is 18.1 Å². The van der Waals surface area contributed by atoms with Gasteiger partial charge in [-0.05, 0) is 25.7 Å². The fourth-order valence-corrected chi connectivity index (χ4v) is 2.98. The lowest BCUT2D eigenvalue weighted by Gasteiger charge is -2.37. The first kappa shape index (κ1) is 9.77. The van der Waals surface area contributed by atoms with Crippen LogP contribution in [0.25, 0.3) is 0 Å². The molecule has 0 saturated carbocycles. The SMILES string of the molecule is NC1CC2CCC(C1)N2C(=O)c1ncn[nH]1. The monoisotopic (exact) mass is 221 g/mol. The molecule has 0 aliphatic carbocycles. The maximum absolute atomic E-state index is 12.2. The fraction of sp³-hybridized carbons (Fsp3) is 0.700. The van der Waals surface area contributed by atoms with E-state index in [0.717, 1.165) is 25.7 Å². The Kier molecular flexibility index (Phi) is 2.17. The van der Waals surface area contributed by atoms with E-state index in [-0.39, 0.29) is 11.9 Å². The summed E-state index contributed by atoms with van der Waals surface area (Å²) in [5, 5.41) is 6.35. The zero-order valence-corrected chi connectivity index (χ0v) is 8.97. The van der Waals surface area contributed by atoms with Crippen molar-refractivity contribution in [1.29, 1.82) is 0 Å². The van der Waals surface area contributed by atoms with E-state index < -0.39 is 0 Å². The molecule has 2 saturated heterocycles. The first-order valence-corrected chi connectivity index (χ1v) is 5.69. The third kappa shape index (κ3) is 1.41. The first-order valence-electron chi connectivity index (χ1n) is 5.69. The largest absolute Gasteiger partial charge is 0.330 e. The van der Waals surface area contributed by atoms with Crippen molar-refractivity contribution in [3.8, 4) is 0 Å². The first-order chi connectivity index (χ1) is 7.75. The number of hydrogen-bond acceptors (Lipinski definition) is 4. The second-order valence-corrected chi connectivity index (χ2v) is 4.66. The molecule has 3 heterocycles. The summed E-state index contributed by atoms with van der Waals surface area (Å²) in [7, 11) is 0. The number of nitrogens with one attached hydrogen (secondary N) is 1. The van der Waals surface area contributed by atoms with Crippen LogP contribution in [0.2, 0.25) is 0 Å². The Morgan fingerprint density at radius 2 is 2.12 bits per heavy atom. The Hall–Kier alpha value is -1.43. The Balaban J connectivity index is 1.84. The third-order valence-electron chi connectivity index (χ3n) is 3.62. The molecule has 6 heteroatoms. The molecular formula is C10H15N5O. The molecule has 0 aromatic carbocycles. The van der Waals surface area contributed by atoms with E-state index >= 15 is 0 Å². The summed E-state index contributed by atoms with van der Waals surface area (Å²) < 4.78 is 0. The lowest BCUT2D eigenvalue weighted by Crippen LogP contribution is -2.50. The van der Waals surface area contributed by atoms with Crippen LogP contribution in [-0.2, 0) is 0 Å². The van der Waals surface area contributed by atoms with Gasteiger partial charge in [-0.15, -0.1) is 0 Å². The Bertz CT molecular complexity index is 376. The van der Waals surface area contributed by atoms with Crippen molar-refractivity contribution in [2.45, 2.75) is 43.8 Å². The number of aromatic nitrogens is 3. The number of piperidine rings is 1. The van der Waals surface area contributed by atoms with E-state index in [1.54, 1.807) is 0 Å². The summed E-state index contributed by atoms with van der Waals surface area (Å²) in [5.74, 6) is 0.310. The average Bonchev–Trinajstić information content (AvgIpc) is 2.85. The minimum Gasteiger partial charge on any atom is -0.330 e. The predicted octanol–water partition coefficient (Wildman–Crippen LogP) is -0.101. The van der Waals surface area contributed by atoms with Crippen LogP contribution in [0.15, 0.2) is 6.33 Å². The average molecular weight is 221 g/mol. The van der Waals surface area contributed by atoms with E-state index in [9.17, 15) is 4.79 Å². The topological polar surface area (TPSA) is 87.9 Å². The van der Waals surface area contributed by atoms with E-state index in [4.69, 9.17) is 5.73 Å². The zero-order chi connectivity index (χ0) is 11.1. The van der Waals surface area contributed by atoms with Crippen molar-refractivity contribution in [1.82, 2.24) is 20.1 Å².